The van der Waals surface area contributed by atoms with Crippen LogP contribution in [0.4, 0.5) is 0 Å². The van der Waals surface area contributed by atoms with Gasteiger partial charge >= 0.3 is 0 Å². The second-order valence-electron chi connectivity index (χ2n) is 4.81. The highest BCUT2D eigenvalue weighted by Crippen LogP contribution is 2.22. The number of thioether (sulfide) groups is 1. The van der Waals surface area contributed by atoms with E-state index in [9.17, 15) is 4.79 Å². The Morgan fingerprint density at radius 3 is 2.88 bits per heavy atom. The fourth-order valence-electron chi connectivity index (χ4n) is 1.94. The molecule has 122 valence electrons. The van der Waals surface area contributed by atoms with Gasteiger partial charge in [-0.2, -0.15) is 5.10 Å². The lowest BCUT2D eigenvalue weighted by Crippen LogP contribution is -2.19. The Balaban J connectivity index is 1.51. The van der Waals surface area contributed by atoms with Crippen molar-refractivity contribution in [1.82, 2.24) is 15.4 Å². The van der Waals surface area contributed by atoms with Gasteiger partial charge in [-0.1, -0.05) is 53.2 Å². The molecule has 0 aliphatic heterocycles. The highest BCUT2D eigenvalue weighted by Gasteiger charge is 2.06. The maximum atomic E-state index is 11.8. The summed E-state index contributed by atoms with van der Waals surface area (Å²) in [4.78, 5) is 19.4. The number of hydrogen-bond acceptors (Lipinski definition) is 4. The van der Waals surface area contributed by atoms with Crippen molar-refractivity contribution < 1.29 is 4.79 Å². The molecule has 5 nitrogen and oxygen atoms in total. The number of hydrazone groups is 1. The molecule has 1 aromatic heterocycles. The van der Waals surface area contributed by atoms with E-state index in [2.05, 4.69) is 20.5 Å². The summed E-state index contributed by atoms with van der Waals surface area (Å²) >= 11 is 13.1. The summed E-state index contributed by atoms with van der Waals surface area (Å²) in [6, 6.07) is 12.8. The number of imidazole rings is 1. The van der Waals surface area contributed by atoms with E-state index in [1.165, 1.54) is 18.0 Å². The van der Waals surface area contributed by atoms with Crippen LogP contribution in [0.2, 0.25) is 10.0 Å². The molecule has 0 spiro atoms. The number of carbonyl (C=O) groups is 1. The number of nitrogens with zero attached hydrogens (tertiary/aromatic N) is 2. The van der Waals surface area contributed by atoms with Crippen LogP contribution in [-0.2, 0) is 4.79 Å². The van der Waals surface area contributed by atoms with Gasteiger partial charge in [-0.25, -0.2) is 10.4 Å². The third kappa shape index (κ3) is 4.29. The van der Waals surface area contributed by atoms with Crippen LogP contribution < -0.4 is 5.43 Å². The Kier molecular flexibility index (Phi) is 5.40. The molecule has 3 aromatic rings. The van der Waals surface area contributed by atoms with Gasteiger partial charge in [0.2, 0.25) is 0 Å². The zero-order valence-electron chi connectivity index (χ0n) is 12.3. The van der Waals surface area contributed by atoms with Gasteiger partial charge in [-0.15, -0.1) is 0 Å². The number of rotatable bonds is 5. The van der Waals surface area contributed by atoms with Gasteiger partial charge in [-0.3, -0.25) is 4.79 Å². The molecule has 0 saturated heterocycles. The molecule has 3 rings (SSSR count). The third-order valence-electron chi connectivity index (χ3n) is 3.05. The highest BCUT2D eigenvalue weighted by molar-refractivity contribution is 7.99. The molecule has 0 unspecified atom stereocenters. The van der Waals surface area contributed by atoms with Gasteiger partial charge in [0.15, 0.2) is 5.16 Å². The number of aromatic amines is 1. The topological polar surface area (TPSA) is 70.1 Å². The summed E-state index contributed by atoms with van der Waals surface area (Å²) < 4.78 is 0. The van der Waals surface area contributed by atoms with E-state index in [-0.39, 0.29) is 11.7 Å². The Labute approximate surface area is 152 Å². The van der Waals surface area contributed by atoms with Crippen molar-refractivity contribution >= 4 is 58.1 Å². The summed E-state index contributed by atoms with van der Waals surface area (Å²) in [6.45, 7) is 0. The molecule has 0 saturated carbocycles. The second-order valence-corrected chi connectivity index (χ2v) is 6.59. The van der Waals surface area contributed by atoms with Crippen LogP contribution in [-0.4, -0.2) is 27.8 Å². The largest absolute Gasteiger partial charge is 0.333 e. The third-order valence-corrected chi connectivity index (χ3v) is 4.67. The summed E-state index contributed by atoms with van der Waals surface area (Å²) in [5.74, 6) is -0.0183. The van der Waals surface area contributed by atoms with E-state index in [0.717, 1.165) is 16.6 Å². The molecule has 8 heteroatoms. The van der Waals surface area contributed by atoms with Gasteiger partial charge in [-0.05, 0) is 29.8 Å². The SMILES string of the molecule is O=C(CSc1nc2ccccc2[nH]1)NN=Cc1ccc(Cl)c(Cl)c1. The zero-order chi connectivity index (χ0) is 16.9. The van der Waals surface area contributed by atoms with Crippen LogP contribution in [0, 0.1) is 0 Å². The Morgan fingerprint density at radius 1 is 1.25 bits per heavy atom. The van der Waals surface area contributed by atoms with Crippen molar-refractivity contribution in [2.75, 3.05) is 5.75 Å². The highest BCUT2D eigenvalue weighted by atomic mass is 35.5. The minimum absolute atomic E-state index is 0.207. The van der Waals surface area contributed by atoms with Crippen molar-refractivity contribution in [1.29, 1.82) is 0 Å². The molecule has 0 bridgehead atoms. The van der Waals surface area contributed by atoms with Crippen LogP contribution in [0.3, 0.4) is 0 Å². The molecule has 0 aliphatic carbocycles. The summed E-state index contributed by atoms with van der Waals surface area (Å²) in [5.41, 5.74) is 5.02. The van der Waals surface area contributed by atoms with Gasteiger partial charge < -0.3 is 4.98 Å². The lowest BCUT2D eigenvalue weighted by molar-refractivity contribution is -0.118. The fourth-order valence-corrected chi connectivity index (χ4v) is 2.92. The molecule has 2 N–H and O–H groups in total. The van der Waals surface area contributed by atoms with E-state index in [1.807, 2.05) is 24.3 Å². The van der Waals surface area contributed by atoms with Gasteiger partial charge in [0.25, 0.3) is 5.91 Å². The minimum Gasteiger partial charge on any atom is -0.333 e. The van der Waals surface area contributed by atoms with Crippen LogP contribution in [0.25, 0.3) is 11.0 Å². The van der Waals surface area contributed by atoms with Crippen molar-refractivity contribution in [2.24, 2.45) is 5.10 Å². The average Bonchev–Trinajstić information content (AvgIpc) is 2.99. The number of para-hydroxylation sites is 2. The number of hydrogen-bond donors (Lipinski definition) is 2. The molecular weight excluding hydrogens is 367 g/mol. The van der Waals surface area contributed by atoms with E-state index in [1.54, 1.807) is 18.2 Å². The number of carbonyl (C=O) groups excluding carboxylic acids is 1. The lowest BCUT2D eigenvalue weighted by atomic mass is 10.2. The molecule has 2 aromatic carbocycles. The smallest absolute Gasteiger partial charge is 0.250 e. The number of H-pyrrole nitrogens is 1. The Morgan fingerprint density at radius 2 is 2.08 bits per heavy atom. The van der Waals surface area contributed by atoms with E-state index < -0.39 is 0 Å². The molecule has 1 heterocycles. The molecule has 0 fully saturated rings. The Hall–Kier alpha value is -2.02. The molecule has 24 heavy (non-hydrogen) atoms. The number of aromatic nitrogens is 2. The van der Waals surface area contributed by atoms with E-state index in [0.29, 0.717) is 15.2 Å². The van der Waals surface area contributed by atoms with Gasteiger partial charge in [0.05, 0.1) is 33.0 Å². The summed E-state index contributed by atoms with van der Waals surface area (Å²) in [6.07, 6.45) is 1.51. The first-order chi connectivity index (χ1) is 11.6. The molecular formula is C16H12Cl2N4OS. The van der Waals surface area contributed by atoms with Crippen molar-refractivity contribution in [3.8, 4) is 0 Å². The second kappa shape index (κ2) is 7.70. The first-order valence-corrected chi connectivity index (χ1v) is 8.70. The van der Waals surface area contributed by atoms with Crippen LogP contribution in [0.15, 0.2) is 52.7 Å². The predicted molar refractivity (Wildman–Crippen MR) is 99.0 cm³/mol. The number of fused-ring (bicyclic) bond motifs is 1. The van der Waals surface area contributed by atoms with E-state index >= 15 is 0 Å². The van der Waals surface area contributed by atoms with Crippen molar-refractivity contribution in [3.63, 3.8) is 0 Å². The van der Waals surface area contributed by atoms with Gasteiger partial charge in [0.1, 0.15) is 0 Å². The van der Waals surface area contributed by atoms with Crippen molar-refractivity contribution in [2.45, 2.75) is 5.16 Å². The monoisotopic (exact) mass is 378 g/mol. The number of halogens is 2. The first kappa shape index (κ1) is 16.8. The average molecular weight is 379 g/mol. The first-order valence-electron chi connectivity index (χ1n) is 6.96. The molecule has 0 atom stereocenters. The number of benzene rings is 2. The quantitative estimate of drug-likeness (QED) is 0.398. The zero-order valence-corrected chi connectivity index (χ0v) is 14.6. The normalized spacial score (nSPS) is 11.2. The number of nitrogens with one attached hydrogen (secondary N) is 2. The lowest BCUT2D eigenvalue weighted by Gasteiger charge is -1.99. The summed E-state index contributed by atoms with van der Waals surface area (Å²) in [5, 5.41) is 5.50. The minimum atomic E-state index is -0.225. The molecule has 0 aliphatic rings. The molecule has 0 radical (unpaired) electrons. The molecule has 1 amide bonds. The van der Waals surface area contributed by atoms with Crippen molar-refractivity contribution in [3.05, 3.63) is 58.1 Å². The fraction of sp³-hybridized carbons (Fsp3) is 0.0625. The van der Waals surface area contributed by atoms with Gasteiger partial charge in [0, 0.05) is 0 Å². The maximum Gasteiger partial charge on any atom is 0.250 e. The number of amides is 1. The standard InChI is InChI=1S/C16H12Cl2N4OS/c17-11-6-5-10(7-12(11)18)8-19-22-15(23)9-24-16-20-13-3-1-2-4-14(13)21-16/h1-8H,9H2,(H,20,21)(H,22,23). The predicted octanol–water partition coefficient (Wildman–Crippen LogP) is 4.11. The summed E-state index contributed by atoms with van der Waals surface area (Å²) in [7, 11) is 0. The van der Waals surface area contributed by atoms with Crippen LogP contribution >= 0.6 is 35.0 Å². The van der Waals surface area contributed by atoms with E-state index in [4.69, 9.17) is 23.2 Å². The van der Waals surface area contributed by atoms with Crippen LogP contribution in [0.1, 0.15) is 5.56 Å². The Bertz CT molecular complexity index is 877. The maximum absolute atomic E-state index is 11.8. The van der Waals surface area contributed by atoms with Crippen LogP contribution in [0.5, 0.6) is 0 Å².